The summed E-state index contributed by atoms with van der Waals surface area (Å²) in [4.78, 5) is 11.3. The molecular weight excluding hydrogens is 376 g/mol. The number of fused-ring (bicyclic) bond motifs is 3. The maximum atomic E-state index is 11.3. The fourth-order valence-corrected chi connectivity index (χ4v) is 5.79. The first-order chi connectivity index (χ1) is 14.5. The van der Waals surface area contributed by atoms with Crippen LogP contribution in [0, 0.1) is 23.2 Å². The number of rotatable bonds is 7. The van der Waals surface area contributed by atoms with Crippen molar-refractivity contribution in [3.05, 3.63) is 60.2 Å². The standard InChI is InChI=1S/C26H30O4/c1-18-22(23(18)24(27)28)10-11-25-12-14-26(15-13-25,29-17-25)19-6-5-9-21(16-19)30-20-7-3-2-4-8-20/h2-9,16,18,22-23H,10-15,17H2,1H3,(H,27,28)/t18-,22?,23?,25?,26?/m1/s1. The Hall–Kier alpha value is -2.33. The van der Waals surface area contributed by atoms with Gasteiger partial charge in [0.05, 0.1) is 18.1 Å². The summed E-state index contributed by atoms with van der Waals surface area (Å²) >= 11 is 0. The molecule has 4 aliphatic rings. The molecule has 2 aromatic carbocycles. The largest absolute Gasteiger partial charge is 0.481 e. The topological polar surface area (TPSA) is 55.8 Å². The highest BCUT2D eigenvalue weighted by atomic mass is 16.5. The van der Waals surface area contributed by atoms with E-state index in [2.05, 4.69) is 25.1 Å². The van der Waals surface area contributed by atoms with E-state index in [9.17, 15) is 9.90 Å². The molecule has 3 atom stereocenters. The van der Waals surface area contributed by atoms with E-state index in [0.717, 1.165) is 56.6 Å². The van der Waals surface area contributed by atoms with Gasteiger partial charge in [0, 0.05) is 0 Å². The number of carboxylic acids is 1. The molecule has 2 saturated carbocycles. The monoisotopic (exact) mass is 406 g/mol. The summed E-state index contributed by atoms with van der Waals surface area (Å²) in [6.07, 6.45) is 6.51. The molecule has 4 nitrogen and oxygen atoms in total. The van der Waals surface area contributed by atoms with E-state index in [4.69, 9.17) is 9.47 Å². The van der Waals surface area contributed by atoms with Crippen LogP contribution in [-0.2, 0) is 15.1 Å². The van der Waals surface area contributed by atoms with E-state index in [1.54, 1.807) is 0 Å². The molecule has 0 spiro atoms. The van der Waals surface area contributed by atoms with Gasteiger partial charge in [-0.2, -0.15) is 0 Å². The Morgan fingerprint density at radius 1 is 1.07 bits per heavy atom. The fraction of sp³-hybridized carbons (Fsp3) is 0.500. The number of hydrogen-bond acceptors (Lipinski definition) is 3. The van der Waals surface area contributed by atoms with Gasteiger partial charge in [-0.15, -0.1) is 0 Å². The zero-order valence-corrected chi connectivity index (χ0v) is 17.5. The van der Waals surface area contributed by atoms with Crippen molar-refractivity contribution in [3.63, 3.8) is 0 Å². The molecule has 0 radical (unpaired) electrons. The summed E-state index contributed by atoms with van der Waals surface area (Å²) in [5, 5.41) is 9.30. The highest BCUT2D eigenvalue weighted by Gasteiger charge is 2.54. The van der Waals surface area contributed by atoms with Crippen molar-refractivity contribution >= 4 is 5.97 Å². The van der Waals surface area contributed by atoms with Gasteiger partial charge in [-0.25, -0.2) is 0 Å². The van der Waals surface area contributed by atoms with Crippen molar-refractivity contribution in [2.24, 2.45) is 23.2 Å². The maximum absolute atomic E-state index is 11.3. The Morgan fingerprint density at radius 2 is 1.80 bits per heavy atom. The van der Waals surface area contributed by atoms with Crippen LogP contribution in [0.4, 0.5) is 0 Å². The molecule has 2 unspecified atom stereocenters. The van der Waals surface area contributed by atoms with Crippen LogP contribution in [0.3, 0.4) is 0 Å². The van der Waals surface area contributed by atoms with Gasteiger partial charge in [-0.05, 0) is 85.6 Å². The van der Waals surface area contributed by atoms with Crippen LogP contribution in [0.15, 0.2) is 54.6 Å². The van der Waals surface area contributed by atoms with Crippen molar-refractivity contribution in [2.45, 2.75) is 51.0 Å². The van der Waals surface area contributed by atoms with Gasteiger partial charge in [-0.1, -0.05) is 37.3 Å². The normalized spacial score (nSPS) is 34.5. The first kappa shape index (κ1) is 19.6. The molecule has 2 heterocycles. The number of carboxylic acid groups (broad SMARTS) is 1. The second-order valence-corrected chi connectivity index (χ2v) is 9.65. The molecule has 6 rings (SSSR count). The van der Waals surface area contributed by atoms with Gasteiger partial charge in [0.2, 0.25) is 0 Å². The van der Waals surface area contributed by atoms with Gasteiger partial charge >= 0.3 is 5.97 Å². The first-order valence-corrected chi connectivity index (χ1v) is 11.2. The van der Waals surface area contributed by atoms with Crippen molar-refractivity contribution in [3.8, 4) is 11.5 Å². The Kier molecular flexibility index (Phi) is 4.85. The smallest absolute Gasteiger partial charge is 0.307 e. The predicted molar refractivity (Wildman–Crippen MR) is 115 cm³/mol. The molecule has 2 bridgehead atoms. The minimum absolute atomic E-state index is 0.124. The quantitative estimate of drug-likeness (QED) is 0.612. The number of para-hydroxylation sites is 1. The minimum Gasteiger partial charge on any atom is -0.481 e. The van der Waals surface area contributed by atoms with Crippen molar-refractivity contribution in [1.82, 2.24) is 0 Å². The predicted octanol–water partition coefficient (Wildman–Crippen LogP) is 6.01. The number of ether oxygens (including phenoxy) is 2. The molecule has 4 fully saturated rings. The Bertz CT molecular complexity index is 897. The Morgan fingerprint density at radius 3 is 2.43 bits per heavy atom. The minimum atomic E-state index is -0.620. The van der Waals surface area contributed by atoms with Gasteiger partial charge in [-0.3, -0.25) is 4.79 Å². The fourth-order valence-electron chi connectivity index (χ4n) is 5.79. The molecular formula is C26H30O4. The van der Waals surface area contributed by atoms with Crippen molar-refractivity contribution in [2.75, 3.05) is 6.61 Å². The first-order valence-electron chi connectivity index (χ1n) is 11.2. The van der Waals surface area contributed by atoms with Gasteiger partial charge in [0.1, 0.15) is 11.5 Å². The summed E-state index contributed by atoms with van der Waals surface area (Å²) in [5.74, 6) is 1.64. The van der Waals surface area contributed by atoms with E-state index in [-0.39, 0.29) is 16.9 Å². The zero-order chi connectivity index (χ0) is 20.8. The summed E-state index contributed by atoms with van der Waals surface area (Å²) in [7, 11) is 0. The molecule has 2 saturated heterocycles. The molecule has 1 N–H and O–H groups in total. The van der Waals surface area contributed by atoms with E-state index in [0.29, 0.717) is 11.8 Å². The van der Waals surface area contributed by atoms with Gasteiger partial charge < -0.3 is 14.6 Å². The van der Waals surface area contributed by atoms with Gasteiger partial charge in [0.15, 0.2) is 0 Å². The summed E-state index contributed by atoms with van der Waals surface area (Å²) in [5.41, 5.74) is 1.26. The third kappa shape index (κ3) is 3.51. The highest BCUT2D eigenvalue weighted by Crippen LogP contribution is 2.58. The SMILES string of the molecule is C[C@@H]1C(CCC23CCC(c4cccc(Oc5ccccc5)c4)(CC2)OC3)C1C(=O)O. The van der Waals surface area contributed by atoms with Gasteiger partial charge in [0.25, 0.3) is 0 Å². The average molecular weight is 407 g/mol. The maximum Gasteiger partial charge on any atom is 0.307 e. The van der Waals surface area contributed by atoms with E-state index < -0.39 is 5.97 Å². The number of aliphatic carboxylic acids is 1. The summed E-state index contributed by atoms with van der Waals surface area (Å²) in [6.45, 7) is 2.87. The van der Waals surface area contributed by atoms with Crippen molar-refractivity contribution in [1.29, 1.82) is 0 Å². The summed E-state index contributed by atoms with van der Waals surface area (Å²) in [6, 6.07) is 18.2. The van der Waals surface area contributed by atoms with Crippen LogP contribution in [0.1, 0.15) is 51.0 Å². The lowest BCUT2D eigenvalue weighted by molar-refractivity contribution is -0.192. The number of benzene rings is 2. The second-order valence-electron chi connectivity index (χ2n) is 9.65. The number of carbonyl (C=O) groups is 1. The van der Waals surface area contributed by atoms with Crippen LogP contribution >= 0.6 is 0 Å². The van der Waals surface area contributed by atoms with Crippen LogP contribution in [0.5, 0.6) is 11.5 Å². The van der Waals surface area contributed by atoms with Crippen LogP contribution in [-0.4, -0.2) is 17.7 Å². The highest BCUT2D eigenvalue weighted by molar-refractivity contribution is 5.74. The van der Waals surface area contributed by atoms with Crippen LogP contribution in [0.2, 0.25) is 0 Å². The third-order valence-corrected chi connectivity index (χ3v) is 7.97. The summed E-state index contributed by atoms with van der Waals surface area (Å²) < 4.78 is 12.6. The lowest BCUT2D eigenvalue weighted by Gasteiger charge is -2.53. The van der Waals surface area contributed by atoms with Crippen LogP contribution < -0.4 is 4.74 Å². The Balaban J connectivity index is 1.23. The molecule has 2 aliphatic heterocycles. The second kappa shape index (κ2) is 7.42. The number of hydrogen-bond donors (Lipinski definition) is 1. The van der Waals surface area contributed by atoms with Crippen LogP contribution in [0.25, 0.3) is 0 Å². The molecule has 4 heteroatoms. The van der Waals surface area contributed by atoms with Crippen molar-refractivity contribution < 1.29 is 19.4 Å². The molecule has 158 valence electrons. The lowest BCUT2D eigenvalue weighted by atomic mass is 9.62. The van der Waals surface area contributed by atoms with E-state index in [1.165, 1.54) is 5.56 Å². The molecule has 0 amide bonds. The van der Waals surface area contributed by atoms with E-state index >= 15 is 0 Å². The zero-order valence-electron chi connectivity index (χ0n) is 17.5. The molecule has 2 aliphatic carbocycles. The van der Waals surface area contributed by atoms with E-state index in [1.807, 2.05) is 36.4 Å². The molecule has 2 aromatic rings. The third-order valence-electron chi connectivity index (χ3n) is 7.97. The molecule has 0 aromatic heterocycles. The lowest BCUT2D eigenvalue weighted by Crippen LogP contribution is -2.49. The Labute approximate surface area is 178 Å². The average Bonchev–Trinajstić information content (AvgIpc) is 3.44. The molecule has 30 heavy (non-hydrogen) atoms.